The predicted octanol–water partition coefficient (Wildman–Crippen LogP) is 2.99. The molecule has 0 bridgehead atoms. The standard InChI is InChI=1S/C15H23N3/c1-11-7-3-5-9-13(11)18(2)14-10-6-4-8-12(14)15(16)17/h4,6,8,10-11,13H,3,5,7,9H2,1-2H3,(H3,16,17). The molecule has 1 aromatic carbocycles. The van der Waals surface area contributed by atoms with Gasteiger partial charge in [-0.05, 0) is 30.9 Å². The van der Waals surface area contributed by atoms with Crippen LogP contribution in [0.2, 0.25) is 0 Å². The van der Waals surface area contributed by atoms with Crippen molar-refractivity contribution in [2.24, 2.45) is 11.7 Å². The molecular weight excluding hydrogens is 222 g/mol. The van der Waals surface area contributed by atoms with Gasteiger partial charge < -0.3 is 10.6 Å². The monoisotopic (exact) mass is 245 g/mol. The number of amidine groups is 1. The Balaban J connectivity index is 2.27. The summed E-state index contributed by atoms with van der Waals surface area (Å²) in [5.74, 6) is 0.865. The molecule has 1 saturated carbocycles. The maximum absolute atomic E-state index is 7.68. The maximum Gasteiger partial charge on any atom is 0.124 e. The zero-order valence-electron chi connectivity index (χ0n) is 11.3. The van der Waals surface area contributed by atoms with Crippen molar-refractivity contribution >= 4 is 11.5 Å². The molecular formula is C15H23N3. The smallest absolute Gasteiger partial charge is 0.124 e. The molecule has 1 fully saturated rings. The number of hydrogen-bond acceptors (Lipinski definition) is 2. The van der Waals surface area contributed by atoms with Crippen molar-refractivity contribution in [3.05, 3.63) is 29.8 Å². The predicted molar refractivity (Wildman–Crippen MR) is 77.3 cm³/mol. The van der Waals surface area contributed by atoms with E-state index in [1.165, 1.54) is 25.7 Å². The molecule has 1 aliphatic rings. The van der Waals surface area contributed by atoms with Crippen LogP contribution in [0.5, 0.6) is 0 Å². The molecule has 2 atom stereocenters. The molecule has 3 heteroatoms. The Bertz CT molecular complexity index is 428. The third-order valence-corrected chi connectivity index (χ3v) is 4.14. The summed E-state index contributed by atoms with van der Waals surface area (Å²) in [6, 6.07) is 8.53. The second-order valence-electron chi connectivity index (χ2n) is 5.37. The van der Waals surface area contributed by atoms with E-state index in [9.17, 15) is 0 Å². The summed E-state index contributed by atoms with van der Waals surface area (Å²) < 4.78 is 0. The van der Waals surface area contributed by atoms with E-state index < -0.39 is 0 Å². The highest BCUT2D eigenvalue weighted by atomic mass is 15.1. The van der Waals surface area contributed by atoms with Crippen LogP contribution in [0.15, 0.2) is 24.3 Å². The van der Waals surface area contributed by atoms with Gasteiger partial charge in [-0.3, -0.25) is 5.41 Å². The highest BCUT2D eigenvalue weighted by Crippen LogP contribution is 2.31. The van der Waals surface area contributed by atoms with Crippen molar-refractivity contribution in [1.29, 1.82) is 5.41 Å². The lowest BCUT2D eigenvalue weighted by Crippen LogP contribution is -2.40. The summed E-state index contributed by atoms with van der Waals surface area (Å²) in [4.78, 5) is 2.32. The molecule has 0 aliphatic heterocycles. The van der Waals surface area contributed by atoms with Crippen molar-refractivity contribution in [3.8, 4) is 0 Å². The van der Waals surface area contributed by atoms with Gasteiger partial charge in [0.1, 0.15) is 5.84 Å². The summed E-state index contributed by atoms with van der Waals surface area (Å²) in [5, 5.41) is 7.68. The first-order valence-electron chi connectivity index (χ1n) is 6.77. The fourth-order valence-corrected chi connectivity index (χ4v) is 3.06. The van der Waals surface area contributed by atoms with Gasteiger partial charge in [-0.25, -0.2) is 0 Å². The van der Waals surface area contributed by atoms with Crippen LogP contribution in [0.3, 0.4) is 0 Å². The van der Waals surface area contributed by atoms with Crippen LogP contribution >= 0.6 is 0 Å². The van der Waals surface area contributed by atoms with E-state index in [1.54, 1.807) is 0 Å². The minimum absolute atomic E-state index is 0.154. The van der Waals surface area contributed by atoms with Crippen LogP contribution in [-0.2, 0) is 0 Å². The second kappa shape index (κ2) is 5.42. The van der Waals surface area contributed by atoms with Crippen LogP contribution in [0.25, 0.3) is 0 Å². The first-order valence-corrected chi connectivity index (χ1v) is 6.77. The van der Waals surface area contributed by atoms with Gasteiger partial charge in [0.25, 0.3) is 0 Å². The highest BCUT2D eigenvalue weighted by Gasteiger charge is 2.26. The number of nitrogens with two attached hydrogens (primary N) is 1. The van der Waals surface area contributed by atoms with E-state index in [4.69, 9.17) is 11.1 Å². The lowest BCUT2D eigenvalue weighted by molar-refractivity contribution is 0.321. The van der Waals surface area contributed by atoms with E-state index in [0.29, 0.717) is 12.0 Å². The van der Waals surface area contributed by atoms with Gasteiger partial charge in [0.05, 0.1) is 0 Å². The minimum Gasteiger partial charge on any atom is -0.384 e. The number of para-hydroxylation sites is 1. The minimum atomic E-state index is 0.154. The Kier molecular flexibility index (Phi) is 3.90. The maximum atomic E-state index is 7.68. The average Bonchev–Trinajstić information content (AvgIpc) is 2.38. The lowest BCUT2D eigenvalue weighted by atomic mass is 9.84. The van der Waals surface area contributed by atoms with Gasteiger partial charge in [0.15, 0.2) is 0 Å². The summed E-state index contributed by atoms with van der Waals surface area (Å²) in [6.07, 6.45) is 5.20. The average molecular weight is 245 g/mol. The van der Waals surface area contributed by atoms with Gasteiger partial charge in [-0.1, -0.05) is 31.9 Å². The van der Waals surface area contributed by atoms with Crippen molar-refractivity contribution in [2.45, 2.75) is 38.6 Å². The Morgan fingerprint density at radius 1 is 1.28 bits per heavy atom. The van der Waals surface area contributed by atoms with Crippen LogP contribution < -0.4 is 10.6 Å². The molecule has 0 amide bonds. The summed E-state index contributed by atoms with van der Waals surface area (Å²) in [7, 11) is 2.13. The van der Waals surface area contributed by atoms with Gasteiger partial charge >= 0.3 is 0 Å². The molecule has 2 unspecified atom stereocenters. The molecule has 0 spiro atoms. The first kappa shape index (κ1) is 12.9. The van der Waals surface area contributed by atoms with Crippen LogP contribution in [0, 0.1) is 11.3 Å². The summed E-state index contributed by atoms with van der Waals surface area (Å²) in [5.41, 5.74) is 7.61. The van der Waals surface area contributed by atoms with Crippen LogP contribution in [0.4, 0.5) is 5.69 Å². The number of anilines is 1. The zero-order chi connectivity index (χ0) is 13.1. The van der Waals surface area contributed by atoms with Crippen molar-refractivity contribution < 1.29 is 0 Å². The SMILES string of the molecule is CC1CCCCC1N(C)c1ccccc1C(=N)N. The van der Waals surface area contributed by atoms with E-state index in [-0.39, 0.29) is 5.84 Å². The Labute approximate surface area is 109 Å². The molecule has 98 valence electrons. The Morgan fingerprint density at radius 2 is 1.94 bits per heavy atom. The van der Waals surface area contributed by atoms with Crippen molar-refractivity contribution in [3.63, 3.8) is 0 Å². The molecule has 18 heavy (non-hydrogen) atoms. The second-order valence-corrected chi connectivity index (χ2v) is 5.37. The lowest BCUT2D eigenvalue weighted by Gasteiger charge is -2.38. The Morgan fingerprint density at radius 3 is 2.61 bits per heavy atom. The van der Waals surface area contributed by atoms with Gasteiger partial charge in [0.2, 0.25) is 0 Å². The fourth-order valence-electron chi connectivity index (χ4n) is 3.06. The molecule has 3 nitrogen and oxygen atoms in total. The fraction of sp³-hybridized carbons (Fsp3) is 0.533. The number of hydrogen-bond donors (Lipinski definition) is 2. The number of nitrogens with one attached hydrogen (secondary N) is 1. The molecule has 3 N–H and O–H groups in total. The molecule has 1 aliphatic carbocycles. The topological polar surface area (TPSA) is 53.1 Å². The van der Waals surface area contributed by atoms with Crippen molar-refractivity contribution in [2.75, 3.05) is 11.9 Å². The number of nitrogens with zero attached hydrogens (tertiary/aromatic N) is 1. The third kappa shape index (κ3) is 2.50. The van der Waals surface area contributed by atoms with E-state index in [1.807, 2.05) is 18.2 Å². The summed E-state index contributed by atoms with van der Waals surface area (Å²) in [6.45, 7) is 2.33. The van der Waals surface area contributed by atoms with Gasteiger partial charge in [0, 0.05) is 24.3 Å². The van der Waals surface area contributed by atoms with Crippen molar-refractivity contribution in [1.82, 2.24) is 0 Å². The molecule has 0 heterocycles. The van der Waals surface area contributed by atoms with E-state index >= 15 is 0 Å². The largest absolute Gasteiger partial charge is 0.384 e. The first-order chi connectivity index (χ1) is 8.61. The van der Waals surface area contributed by atoms with Crippen LogP contribution in [-0.4, -0.2) is 18.9 Å². The molecule has 2 rings (SSSR count). The molecule has 0 radical (unpaired) electrons. The molecule has 0 aromatic heterocycles. The van der Waals surface area contributed by atoms with E-state index in [0.717, 1.165) is 11.3 Å². The van der Waals surface area contributed by atoms with E-state index in [2.05, 4.69) is 24.9 Å². The zero-order valence-corrected chi connectivity index (χ0v) is 11.3. The molecule has 0 saturated heterocycles. The third-order valence-electron chi connectivity index (χ3n) is 4.14. The summed E-state index contributed by atoms with van der Waals surface area (Å²) >= 11 is 0. The number of benzene rings is 1. The Hall–Kier alpha value is -1.51. The van der Waals surface area contributed by atoms with Crippen LogP contribution in [0.1, 0.15) is 38.2 Å². The normalized spacial score (nSPS) is 23.7. The highest BCUT2D eigenvalue weighted by molar-refractivity contribution is 6.00. The number of rotatable bonds is 3. The number of nitrogen functional groups attached to an aromatic ring is 1. The van der Waals surface area contributed by atoms with Gasteiger partial charge in [-0.15, -0.1) is 0 Å². The quantitative estimate of drug-likeness (QED) is 0.635. The van der Waals surface area contributed by atoms with Gasteiger partial charge in [-0.2, -0.15) is 0 Å². The molecule has 1 aromatic rings.